The fourth-order valence-electron chi connectivity index (χ4n) is 1.78. The third kappa shape index (κ3) is 5.39. The highest BCUT2D eigenvalue weighted by atomic mass is 79.9. The molecule has 1 aromatic heterocycles. The molecule has 1 heterocycles. The van der Waals surface area contributed by atoms with E-state index in [2.05, 4.69) is 26.2 Å². The predicted octanol–water partition coefficient (Wildman–Crippen LogP) is 3.30. The van der Waals surface area contributed by atoms with Gasteiger partial charge in [0.15, 0.2) is 0 Å². The van der Waals surface area contributed by atoms with Crippen molar-refractivity contribution in [2.75, 3.05) is 13.2 Å². The maximum Gasteiger partial charge on any atom is 0.120 e. The molecule has 0 saturated carbocycles. The van der Waals surface area contributed by atoms with Crippen LogP contribution in [0.25, 0.3) is 0 Å². The van der Waals surface area contributed by atoms with E-state index in [4.69, 9.17) is 4.74 Å². The number of ether oxygens (including phenoxy) is 1. The van der Waals surface area contributed by atoms with Gasteiger partial charge in [-0.2, -0.15) is 0 Å². The van der Waals surface area contributed by atoms with Crippen molar-refractivity contribution in [1.82, 2.24) is 10.3 Å². The lowest BCUT2D eigenvalue weighted by Crippen LogP contribution is -2.33. The number of halogens is 1. The van der Waals surface area contributed by atoms with E-state index in [0.29, 0.717) is 6.54 Å². The van der Waals surface area contributed by atoms with Gasteiger partial charge in [-0.05, 0) is 32.0 Å². The van der Waals surface area contributed by atoms with Crippen molar-refractivity contribution >= 4 is 27.3 Å². The summed E-state index contributed by atoms with van der Waals surface area (Å²) in [7, 11) is 0. The zero-order valence-electron chi connectivity index (χ0n) is 12.0. The summed E-state index contributed by atoms with van der Waals surface area (Å²) in [5.41, 5.74) is 0. The summed E-state index contributed by atoms with van der Waals surface area (Å²) in [5.74, 6) is 0.743. The van der Waals surface area contributed by atoms with E-state index >= 15 is 0 Å². The molecular formula is C15H19BrN2O2S. The zero-order chi connectivity index (χ0) is 15.2. The molecule has 0 aliphatic heterocycles. The van der Waals surface area contributed by atoms with Crippen LogP contribution in [0.1, 0.15) is 22.9 Å². The van der Waals surface area contributed by atoms with Crippen molar-refractivity contribution in [2.24, 2.45) is 0 Å². The standard InChI is InChI=1S/C15H19BrN2O2S/c1-10-7-18-15(21-10)11(2)17-8-13(19)9-20-14-5-3-4-12(16)6-14/h3-7,11,13,17,19H,8-9H2,1-2H3. The Hall–Kier alpha value is -0.950. The van der Waals surface area contributed by atoms with E-state index in [1.165, 1.54) is 4.88 Å². The van der Waals surface area contributed by atoms with Crippen molar-refractivity contribution < 1.29 is 9.84 Å². The fourth-order valence-corrected chi connectivity index (χ4v) is 2.96. The fraction of sp³-hybridized carbons (Fsp3) is 0.400. The molecule has 0 saturated heterocycles. The number of aliphatic hydroxyl groups is 1. The summed E-state index contributed by atoms with van der Waals surface area (Å²) >= 11 is 5.05. The average molecular weight is 371 g/mol. The number of nitrogens with zero attached hydrogens (tertiary/aromatic N) is 1. The Morgan fingerprint density at radius 1 is 1.48 bits per heavy atom. The van der Waals surface area contributed by atoms with Gasteiger partial charge in [-0.1, -0.05) is 22.0 Å². The van der Waals surface area contributed by atoms with Crippen LogP contribution >= 0.6 is 27.3 Å². The Morgan fingerprint density at radius 2 is 2.29 bits per heavy atom. The maximum atomic E-state index is 9.96. The number of thiazole rings is 1. The van der Waals surface area contributed by atoms with Crippen molar-refractivity contribution in [3.8, 4) is 5.75 Å². The van der Waals surface area contributed by atoms with Gasteiger partial charge in [-0.25, -0.2) is 4.98 Å². The minimum Gasteiger partial charge on any atom is -0.491 e. The number of rotatable bonds is 7. The monoisotopic (exact) mass is 370 g/mol. The van der Waals surface area contributed by atoms with Crippen LogP contribution in [0.3, 0.4) is 0 Å². The SMILES string of the molecule is Cc1cnc(C(C)NCC(O)COc2cccc(Br)c2)s1. The smallest absolute Gasteiger partial charge is 0.120 e. The van der Waals surface area contributed by atoms with Crippen LogP contribution in [0.4, 0.5) is 0 Å². The van der Waals surface area contributed by atoms with Crippen LogP contribution in [0.5, 0.6) is 5.75 Å². The van der Waals surface area contributed by atoms with Gasteiger partial charge in [0.25, 0.3) is 0 Å². The van der Waals surface area contributed by atoms with E-state index in [1.807, 2.05) is 44.3 Å². The van der Waals surface area contributed by atoms with Gasteiger partial charge in [0.1, 0.15) is 23.5 Å². The number of benzene rings is 1. The van der Waals surface area contributed by atoms with Crippen LogP contribution in [0, 0.1) is 6.92 Å². The summed E-state index contributed by atoms with van der Waals surface area (Å²) < 4.78 is 6.52. The van der Waals surface area contributed by atoms with Gasteiger partial charge in [0.2, 0.25) is 0 Å². The Kier molecular flexibility index (Phi) is 6.17. The van der Waals surface area contributed by atoms with Crippen LogP contribution in [0.15, 0.2) is 34.9 Å². The van der Waals surface area contributed by atoms with Gasteiger partial charge in [0, 0.05) is 22.1 Å². The lowest BCUT2D eigenvalue weighted by molar-refractivity contribution is 0.104. The number of aromatic nitrogens is 1. The van der Waals surface area contributed by atoms with Gasteiger partial charge < -0.3 is 15.2 Å². The first-order chi connectivity index (χ1) is 10.0. The first-order valence-electron chi connectivity index (χ1n) is 6.76. The second-order valence-electron chi connectivity index (χ2n) is 4.86. The molecule has 0 fully saturated rings. The molecule has 0 aliphatic carbocycles. The molecule has 1 aromatic carbocycles. The van der Waals surface area contributed by atoms with Gasteiger partial charge in [0.05, 0.1) is 6.04 Å². The lowest BCUT2D eigenvalue weighted by atomic mass is 10.3. The molecule has 114 valence electrons. The van der Waals surface area contributed by atoms with Crippen LogP contribution in [-0.2, 0) is 0 Å². The molecule has 2 unspecified atom stereocenters. The average Bonchev–Trinajstić information content (AvgIpc) is 2.89. The molecule has 2 aromatic rings. The molecular weight excluding hydrogens is 352 g/mol. The first kappa shape index (κ1) is 16.4. The molecule has 0 amide bonds. The molecule has 2 atom stereocenters. The second kappa shape index (κ2) is 7.89. The number of hydrogen-bond acceptors (Lipinski definition) is 5. The molecule has 4 nitrogen and oxygen atoms in total. The van der Waals surface area contributed by atoms with E-state index in [9.17, 15) is 5.11 Å². The molecule has 0 radical (unpaired) electrons. The minimum atomic E-state index is -0.563. The highest BCUT2D eigenvalue weighted by Crippen LogP contribution is 2.19. The maximum absolute atomic E-state index is 9.96. The summed E-state index contributed by atoms with van der Waals surface area (Å²) in [6.45, 7) is 4.80. The van der Waals surface area contributed by atoms with Crippen LogP contribution in [0.2, 0.25) is 0 Å². The number of aliphatic hydroxyl groups excluding tert-OH is 1. The van der Waals surface area contributed by atoms with Crippen molar-refractivity contribution in [3.63, 3.8) is 0 Å². The Labute approximate surface area is 137 Å². The summed E-state index contributed by atoms with van der Waals surface area (Å²) in [4.78, 5) is 5.53. The van der Waals surface area contributed by atoms with Crippen molar-refractivity contribution in [3.05, 3.63) is 44.8 Å². The molecule has 0 spiro atoms. The Morgan fingerprint density at radius 3 is 2.95 bits per heavy atom. The van der Waals surface area contributed by atoms with E-state index in [0.717, 1.165) is 15.2 Å². The topological polar surface area (TPSA) is 54.4 Å². The van der Waals surface area contributed by atoms with Gasteiger partial charge in [-0.15, -0.1) is 11.3 Å². The molecule has 21 heavy (non-hydrogen) atoms. The zero-order valence-corrected chi connectivity index (χ0v) is 14.4. The van der Waals surface area contributed by atoms with E-state index in [-0.39, 0.29) is 12.6 Å². The molecule has 0 bridgehead atoms. The first-order valence-corrected chi connectivity index (χ1v) is 8.37. The van der Waals surface area contributed by atoms with Gasteiger partial charge >= 0.3 is 0 Å². The van der Waals surface area contributed by atoms with Crippen LogP contribution in [-0.4, -0.2) is 29.3 Å². The third-order valence-corrected chi connectivity index (χ3v) is 4.50. The highest BCUT2D eigenvalue weighted by Gasteiger charge is 2.12. The number of hydrogen-bond donors (Lipinski definition) is 2. The Balaban J connectivity index is 1.73. The summed E-state index contributed by atoms with van der Waals surface area (Å²) in [5, 5.41) is 14.3. The van der Waals surface area contributed by atoms with E-state index < -0.39 is 6.10 Å². The van der Waals surface area contributed by atoms with Crippen LogP contribution < -0.4 is 10.1 Å². The normalized spacial score (nSPS) is 13.9. The second-order valence-corrected chi connectivity index (χ2v) is 7.04. The Bertz CT molecular complexity index is 576. The molecule has 2 rings (SSSR count). The quantitative estimate of drug-likeness (QED) is 0.784. The summed E-state index contributed by atoms with van der Waals surface area (Å²) in [6, 6.07) is 7.70. The number of aryl methyl sites for hydroxylation is 1. The molecule has 2 N–H and O–H groups in total. The van der Waals surface area contributed by atoms with E-state index in [1.54, 1.807) is 11.3 Å². The lowest BCUT2D eigenvalue weighted by Gasteiger charge is -2.16. The minimum absolute atomic E-state index is 0.129. The predicted molar refractivity (Wildman–Crippen MR) is 88.9 cm³/mol. The third-order valence-electron chi connectivity index (χ3n) is 2.91. The highest BCUT2D eigenvalue weighted by molar-refractivity contribution is 9.10. The molecule has 6 heteroatoms. The molecule has 0 aliphatic rings. The van der Waals surface area contributed by atoms with Crippen molar-refractivity contribution in [2.45, 2.75) is 26.0 Å². The summed E-state index contributed by atoms with van der Waals surface area (Å²) in [6.07, 6.45) is 1.30. The number of nitrogens with one attached hydrogen (secondary N) is 1. The largest absolute Gasteiger partial charge is 0.491 e. The van der Waals surface area contributed by atoms with Gasteiger partial charge in [-0.3, -0.25) is 0 Å². The van der Waals surface area contributed by atoms with Crippen molar-refractivity contribution in [1.29, 1.82) is 0 Å².